The summed E-state index contributed by atoms with van der Waals surface area (Å²) in [6.07, 6.45) is 7.90. The Morgan fingerprint density at radius 3 is 2.76 bits per heavy atom. The summed E-state index contributed by atoms with van der Waals surface area (Å²) < 4.78 is 0. The summed E-state index contributed by atoms with van der Waals surface area (Å²) in [5.41, 5.74) is 5.04. The highest BCUT2D eigenvalue weighted by Gasteiger charge is 2.42. The average Bonchev–Trinajstić information content (AvgIpc) is 2.83. The molecule has 3 heterocycles. The standard InChI is InChI=1S/C28H32N4O/c1-3-15-30-27(33)28(14-7-18-32(21-28)20-25-10-6-8-22(2)31-25)19-24-9-4-5-11-26(24)23-12-16-29-17-13-23/h3-6,8-13,16-17H,1,7,14-15,18-21H2,2H3,(H,30,33). The molecule has 1 N–H and O–H groups in total. The molecule has 0 saturated carbocycles. The number of carbonyl (C=O) groups excluding carboxylic acids is 1. The molecule has 5 heteroatoms. The van der Waals surface area contributed by atoms with Crippen molar-refractivity contribution in [2.45, 2.75) is 32.7 Å². The van der Waals surface area contributed by atoms with Crippen LogP contribution in [0.2, 0.25) is 0 Å². The predicted octanol–water partition coefficient (Wildman–Crippen LogP) is 4.58. The van der Waals surface area contributed by atoms with Crippen molar-refractivity contribution in [3.05, 3.63) is 96.6 Å². The molecule has 1 fully saturated rings. The zero-order valence-electron chi connectivity index (χ0n) is 19.3. The Balaban J connectivity index is 1.64. The Bertz CT molecular complexity index is 1100. The number of pyridine rings is 2. The van der Waals surface area contributed by atoms with Gasteiger partial charge in [0.25, 0.3) is 0 Å². The normalized spacial score (nSPS) is 18.6. The molecule has 0 bridgehead atoms. The number of benzene rings is 1. The third-order valence-corrected chi connectivity index (χ3v) is 6.41. The summed E-state index contributed by atoms with van der Waals surface area (Å²) in [4.78, 5) is 24.8. The van der Waals surface area contributed by atoms with Crippen LogP contribution in [-0.2, 0) is 17.8 Å². The lowest BCUT2D eigenvalue weighted by molar-refractivity contribution is -0.134. The number of rotatable bonds is 8. The van der Waals surface area contributed by atoms with Gasteiger partial charge in [-0.05, 0) is 73.7 Å². The number of hydrogen-bond donors (Lipinski definition) is 1. The van der Waals surface area contributed by atoms with Crippen molar-refractivity contribution < 1.29 is 4.79 Å². The molecule has 170 valence electrons. The first kappa shape index (κ1) is 22.9. The van der Waals surface area contributed by atoms with Gasteiger partial charge in [0.15, 0.2) is 0 Å². The van der Waals surface area contributed by atoms with E-state index in [-0.39, 0.29) is 5.91 Å². The fraction of sp³-hybridized carbons (Fsp3) is 0.321. The lowest BCUT2D eigenvalue weighted by Gasteiger charge is -2.42. The van der Waals surface area contributed by atoms with Crippen molar-refractivity contribution in [1.82, 2.24) is 20.2 Å². The zero-order valence-corrected chi connectivity index (χ0v) is 19.3. The third kappa shape index (κ3) is 5.55. The van der Waals surface area contributed by atoms with Crippen LogP contribution in [0.5, 0.6) is 0 Å². The topological polar surface area (TPSA) is 58.1 Å². The molecule has 1 aliphatic heterocycles. The van der Waals surface area contributed by atoms with E-state index in [1.54, 1.807) is 6.08 Å². The van der Waals surface area contributed by atoms with E-state index < -0.39 is 5.41 Å². The molecule has 4 rings (SSSR count). The summed E-state index contributed by atoms with van der Waals surface area (Å²) in [6.45, 7) is 8.70. The second-order valence-corrected chi connectivity index (χ2v) is 8.93. The first-order valence-corrected chi connectivity index (χ1v) is 11.6. The number of nitrogens with one attached hydrogen (secondary N) is 1. The molecule has 2 aromatic heterocycles. The molecule has 0 aliphatic carbocycles. The van der Waals surface area contributed by atoms with Crippen molar-refractivity contribution in [1.29, 1.82) is 0 Å². The molecule has 1 amide bonds. The first-order chi connectivity index (χ1) is 16.1. The Labute approximate surface area is 196 Å². The first-order valence-electron chi connectivity index (χ1n) is 11.6. The number of likely N-dealkylation sites (tertiary alicyclic amines) is 1. The number of aryl methyl sites for hydroxylation is 1. The Morgan fingerprint density at radius 1 is 1.15 bits per heavy atom. The Kier molecular flexibility index (Phi) is 7.30. The lowest BCUT2D eigenvalue weighted by atomic mass is 9.73. The summed E-state index contributed by atoms with van der Waals surface area (Å²) in [5, 5.41) is 3.11. The lowest BCUT2D eigenvalue weighted by Crippen LogP contribution is -2.53. The van der Waals surface area contributed by atoms with E-state index in [9.17, 15) is 4.79 Å². The van der Waals surface area contributed by atoms with Crippen molar-refractivity contribution in [3.63, 3.8) is 0 Å². The van der Waals surface area contributed by atoms with Crippen LogP contribution in [-0.4, -0.2) is 40.4 Å². The van der Waals surface area contributed by atoms with E-state index in [0.717, 1.165) is 48.4 Å². The van der Waals surface area contributed by atoms with E-state index in [1.807, 2.05) is 37.5 Å². The van der Waals surface area contributed by atoms with Gasteiger partial charge in [0, 0.05) is 37.7 Å². The molecular weight excluding hydrogens is 408 g/mol. The average molecular weight is 441 g/mol. The number of aromatic nitrogens is 2. The quantitative estimate of drug-likeness (QED) is 0.521. The largest absolute Gasteiger partial charge is 0.352 e. The van der Waals surface area contributed by atoms with Crippen LogP contribution in [0.25, 0.3) is 11.1 Å². The van der Waals surface area contributed by atoms with Gasteiger partial charge >= 0.3 is 0 Å². The molecule has 33 heavy (non-hydrogen) atoms. The molecule has 0 radical (unpaired) electrons. The molecule has 1 atom stereocenters. The Morgan fingerprint density at radius 2 is 1.97 bits per heavy atom. The maximum absolute atomic E-state index is 13.6. The highest BCUT2D eigenvalue weighted by Crippen LogP contribution is 2.37. The van der Waals surface area contributed by atoms with E-state index >= 15 is 0 Å². The van der Waals surface area contributed by atoms with Crippen LogP contribution in [0, 0.1) is 12.3 Å². The van der Waals surface area contributed by atoms with Gasteiger partial charge < -0.3 is 5.32 Å². The van der Waals surface area contributed by atoms with E-state index in [2.05, 4.69) is 63.2 Å². The number of amides is 1. The monoisotopic (exact) mass is 440 g/mol. The van der Waals surface area contributed by atoms with Crippen LogP contribution < -0.4 is 5.32 Å². The molecule has 1 aromatic carbocycles. The van der Waals surface area contributed by atoms with Crippen LogP contribution in [0.15, 0.2) is 79.6 Å². The summed E-state index contributed by atoms with van der Waals surface area (Å²) in [7, 11) is 0. The summed E-state index contributed by atoms with van der Waals surface area (Å²) >= 11 is 0. The van der Waals surface area contributed by atoms with Crippen molar-refractivity contribution in [2.75, 3.05) is 19.6 Å². The van der Waals surface area contributed by atoms with Gasteiger partial charge in [0.1, 0.15) is 0 Å². The number of piperidine rings is 1. The molecule has 3 aromatic rings. The highest BCUT2D eigenvalue weighted by molar-refractivity contribution is 5.84. The fourth-order valence-corrected chi connectivity index (χ4v) is 4.89. The molecule has 5 nitrogen and oxygen atoms in total. The molecule has 1 aliphatic rings. The fourth-order valence-electron chi connectivity index (χ4n) is 4.89. The third-order valence-electron chi connectivity index (χ3n) is 6.41. The van der Waals surface area contributed by atoms with Crippen molar-refractivity contribution >= 4 is 5.91 Å². The van der Waals surface area contributed by atoms with Gasteiger partial charge in [-0.3, -0.25) is 19.7 Å². The molecular formula is C28H32N4O. The van der Waals surface area contributed by atoms with E-state index in [1.165, 1.54) is 5.56 Å². The van der Waals surface area contributed by atoms with Crippen molar-refractivity contribution in [2.24, 2.45) is 5.41 Å². The zero-order chi connectivity index (χ0) is 23.1. The van der Waals surface area contributed by atoms with E-state index in [4.69, 9.17) is 0 Å². The van der Waals surface area contributed by atoms with Gasteiger partial charge in [0.2, 0.25) is 5.91 Å². The van der Waals surface area contributed by atoms with Gasteiger partial charge in [-0.15, -0.1) is 6.58 Å². The van der Waals surface area contributed by atoms with Gasteiger partial charge in [-0.1, -0.05) is 36.4 Å². The van der Waals surface area contributed by atoms with Crippen molar-refractivity contribution in [3.8, 4) is 11.1 Å². The van der Waals surface area contributed by atoms with Gasteiger partial charge in [0.05, 0.1) is 11.1 Å². The maximum Gasteiger partial charge on any atom is 0.228 e. The van der Waals surface area contributed by atoms with Crippen LogP contribution >= 0.6 is 0 Å². The highest BCUT2D eigenvalue weighted by atomic mass is 16.2. The van der Waals surface area contributed by atoms with Gasteiger partial charge in [-0.25, -0.2) is 0 Å². The van der Waals surface area contributed by atoms with E-state index in [0.29, 0.717) is 19.5 Å². The number of hydrogen-bond acceptors (Lipinski definition) is 4. The maximum atomic E-state index is 13.6. The smallest absolute Gasteiger partial charge is 0.228 e. The molecule has 1 unspecified atom stereocenters. The van der Waals surface area contributed by atoms with Crippen LogP contribution in [0.1, 0.15) is 29.8 Å². The van der Waals surface area contributed by atoms with Crippen LogP contribution in [0.3, 0.4) is 0 Å². The predicted molar refractivity (Wildman–Crippen MR) is 133 cm³/mol. The number of nitrogens with zero attached hydrogens (tertiary/aromatic N) is 3. The minimum Gasteiger partial charge on any atom is -0.352 e. The SMILES string of the molecule is C=CCNC(=O)C1(Cc2ccccc2-c2ccncc2)CCCN(Cc2cccc(C)n2)C1. The summed E-state index contributed by atoms with van der Waals surface area (Å²) in [5.74, 6) is 0.105. The molecule has 1 saturated heterocycles. The van der Waals surface area contributed by atoms with Crippen LogP contribution in [0.4, 0.5) is 0 Å². The summed E-state index contributed by atoms with van der Waals surface area (Å²) in [6, 6.07) is 18.6. The minimum absolute atomic E-state index is 0.105. The second kappa shape index (κ2) is 10.5. The minimum atomic E-state index is -0.506. The second-order valence-electron chi connectivity index (χ2n) is 8.93. The Hall–Kier alpha value is -3.31. The number of carbonyl (C=O) groups is 1. The van der Waals surface area contributed by atoms with Gasteiger partial charge in [-0.2, -0.15) is 0 Å². The molecule has 0 spiro atoms.